The molecule has 0 aromatic carbocycles. The summed E-state index contributed by atoms with van der Waals surface area (Å²) in [6.45, 7) is -0.503. The monoisotopic (exact) mass is 427 g/mol. The van der Waals surface area contributed by atoms with Gasteiger partial charge in [0.15, 0.2) is 0 Å². The topological polar surface area (TPSA) is 174 Å². The molecule has 1 fully saturated rings. The third-order valence-electron chi connectivity index (χ3n) is 3.22. The Balaban J connectivity index is 2.05. The average Bonchev–Trinajstić information content (AvgIpc) is 2.80. The number of aliphatic hydroxyl groups excluding tert-OH is 1. The van der Waals surface area contributed by atoms with E-state index in [2.05, 4.69) is 25.4 Å². The molecule has 0 radical (unpaired) electrons. The maximum Gasteiger partial charge on any atom is 0.351 e. The lowest BCUT2D eigenvalue weighted by Gasteiger charge is -2.18. The average molecular weight is 428 g/mol. The van der Waals surface area contributed by atoms with Gasteiger partial charge in [-0.25, -0.2) is 4.79 Å². The number of anilines is 1. The third kappa shape index (κ3) is 4.62. The summed E-state index contributed by atoms with van der Waals surface area (Å²) in [6, 6.07) is 0. The molecular weight excluding hydrogens is 413 g/mol. The first-order valence-corrected chi connectivity index (χ1v) is 9.20. The maximum atomic E-state index is 11.8. The van der Waals surface area contributed by atoms with E-state index >= 15 is 0 Å². The van der Waals surface area contributed by atoms with Gasteiger partial charge in [-0.15, -0.1) is 0 Å². The molecule has 4 unspecified atom stereocenters. The van der Waals surface area contributed by atoms with Crippen molar-refractivity contribution in [1.82, 2.24) is 9.55 Å². The van der Waals surface area contributed by atoms with Crippen molar-refractivity contribution < 1.29 is 33.7 Å². The normalized spacial score (nSPS) is 26.2. The number of hydrogen-bond acceptors (Lipinski definition) is 8. The van der Waals surface area contributed by atoms with Crippen LogP contribution in [0, 0.1) is 0 Å². The van der Waals surface area contributed by atoms with E-state index in [-0.39, 0.29) is 12.2 Å². The second-order valence-corrected chi connectivity index (χ2v) is 7.78. The number of hydrogen-bond donors (Lipinski definition) is 4. The molecule has 0 bridgehead atoms. The molecule has 0 spiro atoms. The fourth-order valence-electron chi connectivity index (χ4n) is 2.11. The zero-order valence-corrected chi connectivity index (χ0v) is 14.6. The number of aliphatic carboxylic acids is 1. The number of carboxylic acid groups (broad SMARTS) is 1. The Morgan fingerprint density at radius 1 is 1.62 bits per heavy atom. The number of nitrogens with zero attached hydrogens (tertiary/aromatic N) is 2. The van der Waals surface area contributed by atoms with Crippen LogP contribution in [0.4, 0.5) is 5.82 Å². The first-order valence-electron chi connectivity index (χ1n) is 6.65. The molecule has 1 saturated heterocycles. The number of nitrogen functional groups attached to an aromatic ring is 1. The molecule has 0 saturated carbocycles. The van der Waals surface area contributed by atoms with Gasteiger partial charge in [0.25, 0.3) is 0 Å². The number of rotatable bonds is 6. The molecule has 134 valence electrons. The SMILES string of the molecule is Nc1nc(=O)n(C2CC(O)C(COP(=O)(O)CC(=O)O)O2)cc1Br. The van der Waals surface area contributed by atoms with E-state index in [0.717, 1.165) is 4.57 Å². The van der Waals surface area contributed by atoms with Gasteiger partial charge in [0.1, 0.15) is 24.3 Å². The Kier molecular flexibility index (Phi) is 5.78. The van der Waals surface area contributed by atoms with Crippen LogP contribution >= 0.6 is 23.5 Å². The van der Waals surface area contributed by atoms with Gasteiger partial charge in [0.05, 0.1) is 17.2 Å². The molecule has 1 aromatic rings. The van der Waals surface area contributed by atoms with Crippen LogP contribution in [0.3, 0.4) is 0 Å². The number of aromatic nitrogens is 2. The third-order valence-corrected chi connectivity index (χ3v) is 5.06. The lowest BCUT2D eigenvalue weighted by atomic mass is 10.2. The van der Waals surface area contributed by atoms with Crippen molar-refractivity contribution in [3.8, 4) is 0 Å². The van der Waals surface area contributed by atoms with E-state index in [9.17, 15) is 24.2 Å². The van der Waals surface area contributed by atoms with Crippen molar-refractivity contribution in [1.29, 1.82) is 0 Å². The molecule has 24 heavy (non-hydrogen) atoms. The van der Waals surface area contributed by atoms with Crippen LogP contribution in [-0.2, 0) is 18.6 Å². The van der Waals surface area contributed by atoms with Crippen LogP contribution in [0.5, 0.6) is 0 Å². The largest absolute Gasteiger partial charge is 0.481 e. The van der Waals surface area contributed by atoms with Crippen molar-refractivity contribution in [3.63, 3.8) is 0 Å². The Labute approximate surface area is 143 Å². The van der Waals surface area contributed by atoms with E-state index in [0.29, 0.717) is 4.47 Å². The van der Waals surface area contributed by atoms with E-state index in [1.54, 1.807) is 0 Å². The zero-order valence-electron chi connectivity index (χ0n) is 12.1. The summed E-state index contributed by atoms with van der Waals surface area (Å²) < 4.78 is 23.1. The standard InChI is InChI=1S/C11H15BrN3O8P/c12-5-2-15(11(19)14-10(5)13)8-1-6(16)7(23-8)3-22-24(20,21)4-9(17)18/h2,6-8,16H,1,3-4H2,(H,17,18)(H,20,21)(H2,13,14,19). The minimum Gasteiger partial charge on any atom is -0.481 e. The molecular formula is C11H15BrN3O8P. The van der Waals surface area contributed by atoms with E-state index in [1.807, 2.05) is 0 Å². The van der Waals surface area contributed by atoms with Crippen molar-refractivity contribution in [2.75, 3.05) is 18.5 Å². The van der Waals surface area contributed by atoms with Gasteiger partial charge in [0, 0.05) is 12.6 Å². The molecule has 4 atom stereocenters. The first-order chi connectivity index (χ1) is 11.1. The predicted octanol–water partition coefficient (Wildman–Crippen LogP) is -0.477. The van der Waals surface area contributed by atoms with Gasteiger partial charge in [-0.2, -0.15) is 4.98 Å². The number of nitrogens with two attached hydrogens (primary N) is 1. The predicted molar refractivity (Wildman–Crippen MR) is 83.4 cm³/mol. The summed E-state index contributed by atoms with van der Waals surface area (Å²) in [5.74, 6) is -1.49. The number of ether oxygens (including phenoxy) is 1. The molecule has 5 N–H and O–H groups in total. The summed E-state index contributed by atoms with van der Waals surface area (Å²) in [5, 5.41) is 18.5. The highest BCUT2D eigenvalue weighted by atomic mass is 79.9. The summed E-state index contributed by atoms with van der Waals surface area (Å²) in [5.41, 5.74) is 4.80. The fraction of sp³-hybridized carbons (Fsp3) is 0.545. The van der Waals surface area contributed by atoms with Crippen LogP contribution in [0.1, 0.15) is 12.6 Å². The minimum atomic E-state index is -4.34. The molecule has 11 nitrogen and oxygen atoms in total. The van der Waals surface area contributed by atoms with Gasteiger partial charge >= 0.3 is 19.3 Å². The van der Waals surface area contributed by atoms with Gasteiger partial charge < -0.3 is 30.1 Å². The zero-order chi connectivity index (χ0) is 18.1. The molecule has 1 aliphatic heterocycles. The van der Waals surface area contributed by atoms with Crippen molar-refractivity contribution in [3.05, 3.63) is 21.2 Å². The van der Waals surface area contributed by atoms with E-state index < -0.39 is 50.5 Å². The highest BCUT2D eigenvalue weighted by Gasteiger charge is 2.37. The fourth-order valence-corrected chi connectivity index (χ4v) is 3.23. The summed E-state index contributed by atoms with van der Waals surface area (Å²) in [4.78, 5) is 35.2. The van der Waals surface area contributed by atoms with Crippen LogP contribution in [0.15, 0.2) is 15.5 Å². The molecule has 0 amide bonds. The highest BCUT2D eigenvalue weighted by molar-refractivity contribution is 9.10. The van der Waals surface area contributed by atoms with Crippen LogP contribution in [0.25, 0.3) is 0 Å². The molecule has 0 aliphatic carbocycles. The maximum absolute atomic E-state index is 11.8. The second kappa shape index (κ2) is 7.30. The Hall–Kier alpha value is -1.30. The Bertz CT molecular complexity index is 740. The molecule has 1 aliphatic rings. The lowest BCUT2D eigenvalue weighted by Crippen LogP contribution is -2.28. The number of carboxylic acids is 1. The molecule has 2 rings (SSSR count). The van der Waals surface area contributed by atoms with Crippen molar-refractivity contribution in [2.24, 2.45) is 0 Å². The summed E-state index contributed by atoms with van der Waals surface area (Å²) in [6.07, 6.45) is -2.65. The second-order valence-electron chi connectivity index (χ2n) is 5.08. The van der Waals surface area contributed by atoms with Crippen molar-refractivity contribution in [2.45, 2.75) is 24.9 Å². The molecule has 13 heteroatoms. The highest BCUT2D eigenvalue weighted by Crippen LogP contribution is 2.42. The van der Waals surface area contributed by atoms with Gasteiger partial charge in [-0.05, 0) is 15.9 Å². The molecule has 2 heterocycles. The molecule has 1 aromatic heterocycles. The first kappa shape index (κ1) is 19.0. The van der Waals surface area contributed by atoms with Gasteiger partial charge in [-0.1, -0.05) is 0 Å². The number of carbonyl (C=O) groups is 1. The summed E-state index contributed by atoms with van der Waals surface area (Å²) in [7, 11) is -4.34. The van der Waals surface area contributed by atoms with E-state index in [1.165, 1.54) is 6.20 Å². The summed E-state index contributed by atoms with van der Waals surface area (Å²) >= 11 is 3.12. The lowest BCUT2D eigenvalue weighted by molar-refractivity contribution is -0.134. The van der Waals surface area contributed by atoms with Gasteiger partial charge in [-0.3, -0.25) is 13.9 Å². The number of aliphatic hydroxyl groups is 1. The van der Waals surface area contributed by atoms with E-state index in [4.69, 9.17) is 15.6 Å². The van der Waals surface area contributed by atoms with Crippen LogP contribution in [0.2, 0.25) is 0 Å². The quantitative estimate of drug-likeness (QED) is 0.434. The van der Waals surface area contributed by atoms with Gasteiger partial charge in [0.2, 0.25) is 0 Å². The van der Waals surface area contributed by atoms with Crippen molar-refractivity contribution >= 4 is 35.3 Å². The van der Waals surface area contributed by atoms with Crippen LogP contribution < -0.4 is 11.4 Å². The minimum absolute atomic E-state index is 0.00423. The number of halogens is 1. The Morgan fingerprint density at radius 2 is 2.29 bits per heavy atom. The van der Waals surface area contributed by atoms with Crippen LogP contribution in [-0.4, -0.2) is 55.6 Å². The Morgan fingerprint density at radius 3 is 2.92 bits per heavy atom. The smallest absolute Gasteiger partial charge is 0.351 e.